The van der Waals surface area contributed by atoms with E-state index in [1.165, 1.54) is 0 Å². The molecule has 30 heavy (non-hydrogen) atoms. The Kier molecular flexibility index (Phi) is 4.37. The fraction of sp³-hybridized carbons (Fsp3) is 0.0417. The minimum Gasteiger partial charge on any atom is -0.360 e. The minimum atomic E-state index is -0.183. The molecule has 2 aromatic carbocycles. The van der Waals surface area contributed by atoms with Gasteiger partial charge in [-0.1, -0.05) is 17.7 Å². The molecule has 0 atom stereocenters. The van der Waals surface area contributed by atoms with E-state index in [-0.39, 0.29) is 5.91 Å². The van der Waals surface area contributed by atoms with Crippen LogP contribution in [0, 0.1) is 6.92 Å². The molecule has 0 unspecified atom stereocenters. The number of amides is 1. The molecule has 3 N–H and O–H groups in total. The zero-order chi connectivity index (χ0) is 20.5. The Bertz CT molecular complexity index is 1320. The standard InChI is InChI=1S/C24H19N5O/c1-15-6-9-17(10-7-15)27-24(30)16-8-11-18-21(14-16)29-23(20-5-3-13-26-20)22(28-18)19-4-2-12-25-19/h2-14,25-26H,1H3,(H,27,30). The molecule has 6 nitrogen and oxygen atoms in total. The number of aryl methyl sites for hydroxylation is 1. The summed E-state index contributed by atoms with van der Waals surface area (Å²) < 4.78 is 0. The monoisotopic (exact) mass is 393 g/mol. The second-order valence-corrected chi connectivity index (χ2v) is 7.11. The number of carbonyl (C=O) groups is 1. The van der Waals surface area contributed by atoms with Crippen molar-refractivity contribution < 1.29 is 4.79 Å². The van der Waals surface area contributed by atoms with Crippen LogP contribution in [0.3, 0.4) is 0 Å². The number of benzene rings is 2. The second kappa shape index (κ2) is 7.33. The average molecular weight is 393 g/mol. The summed E-state index contributed by atoms with van der Waals surface area (Å²) in [4.78, 5) is 28.8. The first-order valence-electron chi connectivity index (χ1n) is 9.65. The molecule has 0 radical (unpaired) electrons. The lowest BCUT2D eigenvalue weighted by atomic mass is 10.1. The molecular weight excluding hydrogens is 374 g/mol. The van der Waals surface area contributed by atoms with E-state index >= 15 is 0 Å². The number of nitrogens with zero attached hydrogens (tertiary/aromatic N) is 2. The summed E-state index contributed by atoms with van der Waals surface area (Å²) >= 11 is 0. The molecule has 0 saturated heterocycles. The Balaban J connectivity index is 1.56. The number of hydrogen-bond acceptors (Lipinski definition) is 3. The van der Waals surface area contributed by atoms with Gasteiger partial charge in [-0.05, 0) is 61.5 Å². The van der Waals surface area contributed by atoms with Gasteiger partial charge in [-0.2, -0.15) is 0 Å². The van der Waals surface area contributed by atoms with E-state index in [0.717, 1.165) is 39.5 Å². The van der Waals surface area contributed by atoms with Crippen LogP contribution in [0.25, 0.3) is 33.8 Å². The highest BCUT2D eigenvalue weighted by molar-refractivity contribution is 6.06. The smallest absolute Gasteiger partial charge is 0.255 e. The average Bonchev–Trinajstić information content (AvgIpc) is 3.48. The van der Waals surface area contributed by atoms with Crippen molar-refractivity contribution in [3.05, 3.63) is 90.3 Å². The zero-order valence-electron chi connectivity index (χ0n) is 16.3. The van der Waals surface area contributed by atoms with E-state index in [4.69, 9.17) is 9.97 Å². The predicted molar refractivity (Wildman–Crippen MR) is 118 cm³/mol. The summed E-state index contributed by atoms with van der Waals surface area (Å²) in [6.07, 6.45) is 3.71. The van der Waals surface area contributed by atoms with Gasteiger partial charge >= 0.3 is 0 Å². The van der Waals surface area contributed by atoms with Gasteiger partial charge < -0.3 is 15.3 Å². The maximum Gasteiger partial charge on any atom is 0.255 e. The SMILES string of the molecule is Cc1ccc(NC(=O)c2ccc3nc(-c4ccc[nH]4)c(-c4ccc[nH]4)nc3c2)cc1. The van der Waals surface area contributed by atoms with Crippen molar-refractivity contribution in [1.29, 1.82) is 0 Å². The van der Waals surface area contributed by atoms with Crippen LogP contribution in [0.15, 0.2) is 79.1 Å². The molecule has 146 valence electrons. The van der Waals surface area contributed by atoms with Gasteiger partial charge in [0.15, 0.2) is 0 Å². The molecule has 0 aliphatic rings. The highest BCUT2D eigenvalue weighted by Gasteiger charge is 2.16. The second-order valence-electron chi connectivity index (χ2n) is 7.11. The molecule has 0 bridgehead atoms. The number of rotatable bonds is 4. The summed E-state index contributed by atoms with van der Waals surface area (Å²) in [6, 6.07) is 20.9. The van der Waals surface area contributed by atoms with Crippen molar-refractivity contribution in [3.8, 4) is 22.8 Å². The van der Waals surface area contributed by atoms with Crippen molar-refractivity contribution in [2.75, 3.05) is 5.32 Å². The molecule has 5 aromatic rings. The van der Waals surface area contributed by atoms with Crippen molar-refractivity contribution in [2.45, 2.75) is 6.92 Å². The summed E-state index contributed by atoms with van der Waals surface area (Å²) in [5.41, 5.74) is 7.04. The van der Waals surface area contributed by atoms with E-state index in [9.17, 15) is 4.79 Å². The molecule has 5 rings (SSSR count). The molecule has 0 aliphatic heterocycles. The van der Waals surface area contributed by atoms with Gasteiger partial charge in [0.25, 0.3) is 5.91 Å². The molecule has 3 aromatic heterocycles. The maximum absolute atomic E-state index is 12.7. The topological polar surface area (TPSA) is 86.5 Å². The van der Waals surface area contributed by atoms with Crippen LogP contribution in [0.1, 0.15) is 15.9 Å². The van der Waals surface area contributed by atoms with Crippen LogP contribution in [0.5, 0.6) is 0 Å². The Morgan fingerprint density at radius 1 is 0.800 bits per heavy atom. The van der Waals surface area contributed by atoms with Crippen LogP contribution in [-0.2, 0) is 0 Å². The van der Waals surface area contributed by atoms with Crippen molar-refractivity contribution in [3.63, 3.8) is 0 Å². The van der Waals surface area contributed by atoms with Crippen molar-refractivity contribution >= 4 is 22.6 Å². The lowest BCUT2D eigenvalue weighted by molar-refractivity contribution is 0.102. The van der Waals surface area contributed by atoms with E-state index < -0.39 is 0 Å². The number of anilines is 1. The molecule has 1 amide bonds. The van der Waals surface area contributed by atoms with Gasteiger partial charge in [0, 0.05) is 23.6 Å². The van der Waals surface area contributed by atoms with E-state index in [0.29, 0.717) is 11.1 Å². The lowest BCUT2D eigenvalue weighted by Gasteiger charge is -2.10. The number of nitrogens with one attached hydrogen (secondary N) is 3. The highest BCUT2D eigenvalue weighted by atomic mass is 16.1. The Morgan fingerprint density at radius 3 is 2.03 bits per heavy atom. The minimum absolute atomic E-state index is 0.183. The molecule has 6 heteroatoms. The highest BCUT2D eigenvalue weighted by Crippen LogP contribution is 2.29. The number of aromatic amines is 2. The number of H-pyrrole nitrogens is 2. The Hall–Kier alpha value is -4.19. The Labute approximate surface area is 173 Å². The van der Waals surface area contributed by atoms with Crippen LogP contribution in [-0.4, -0.2) is 25.8 Å². The first-order valence-corrected chi connectivity index (χ1v) is 9.65. The van der Waals surface area contributed by atoms with E-state index in [2.05, 4.69) is 15.3 Å². The van der Waals surface area contributed by atoms with Crippen LogP contribution < -0.4 is 5.32 Å². The maximum atomic E-state index is 12.7. The predicted octanol–water partition coefficient (Wildman–Crippen LogP) is 5.18. The fourth-order valence-electron chi connectivity index (χ4n) is 3.37. The molecule has 0 fully saturated rings. The number of hydrogen-bond donors (Lipinski definition) is 3. The van der Waals surface area contributed by atoms with Gasteiger partial charge in [-0.3, -0.25) is 4.79 Å². The van der Waals surface area contributed by atoms with Gasteiger partial charge in [0.1, 0.15) is 11.4 Å². The van der Waals surface area contributed by atoms with E-state index in [1.807, 2.05) is 73.9 Å². The van der Waals surface area contributed by atoms with Gasteiger partial charge in [-0.15, -0.1) is 0 Å². The third-order valence-corrected chi connectivity index (χ3v) is 4.94. The summed E-state index contributed by atoms with van der Waals surface area (Å²) in [5.74, 6) is -0.183. The summed E-state index contributed by atoms with van der Waals surface area (Å²) in [7, 11) is 0. The van der Waals surface area contributed by atoms with E-state index in [1.54, 1.807) is 12.1 Å². The lowest BCUT2D eigenvalue weighted by Crippen LogP contribution is -2.12. The van der Waals surface area contributed by atoms with Gasteiger partial charge in [0.2, 0.25) is 0 Å². The van der Waals surface area contributed by atoms with Crippen LogP contribution in [0.4, 0.5) is 5.69 Å². The van der Waals surface area contributed by atoms with Crippen LogP contribution in [0.2, 0.25) is 0 Å². The van der Waals surface area contributed by atoms with Gasteiger partial charge in [0.05, 0.1) is 22.4 Å². The molecule has 0 saturated carbocycles. The molecule has 0 spiro atoms. The molecule has 0 aliphatic carbocycles. The number of fused-ring (bicyclic) bond motifs is 1. The number of carbonyl (C=O) groups excluding carboxylic acids is 1. The van der Waals surface area contributed by atoms with Crippen molar-refractivity contribution in [1.82, 2.24) is 19.9 Å². The van der Waals surface area contributed by atoms with Crippen LogP contribution >= 0.6 is 0 Å². The normalized spacial score (nSPS) is 11.0. The first-order chi connectivity index (χ1) is 14.7. The van der Waals surface area contributed by atoms with Crippen molar-refractivity contribution in [2.24, 2.45) is 0 Å². The summed E-state index contributed by atoms with van der Waals surface area (Å²) in [5, 5.41) is 2.93. The zero-order valence-corrected chi connectivity index (χ0v) is 16.3. The summed E-state index contributed by atoms with van der Waals surface area (Å²) in [6.45, 7) is 2.01. The Morgan fingerprint density at radius 2 is 1.43 bits per heavy atom. The largest absolute Gasteiger partial charge is 0.360 e. The quantitative estimate of drug-likeness (QED) is 0.393. The first kappa shape index (κ1) is 17.9. The van der Waals surface area contributed by atoms with Gasteiger partial charge in [-0.25, -0.2) is 9.97 Å². The molecule has 3 heterocycles. The molecular formula is C24H19N5O. The number of aromatic nitrogens is 4. The third kappa shape index (κ3) is 3.35. The third-order valence-electron chi connectivity index (χ3n) is 4.94. The fourth-order valence-corrected chi connectivity index (χ4v) is 3.37.